The molecule has 8 nitrogen and oxygen atoms in total. The van der Waals surface area contributed by atoms with Crippen LogP contribution in [0.1, 0.15) is 12.8 Å². The lowest BCUT2D eigenvalue weighted by Crippen LogP contribution is -2.39. The van der Waals surface area contributed by atoms with Gasteiger partial charge in [0, 0.05) is 32.9 Å². The Balaban J connectivity index is 1.99. The molecule has 0 saturated carbocycles. The van der Waals surface area contributed by atoms with Crippen LogP contribution in [-0.2, 0) is 19.5 Å². The van der Waals surface area contributed by atoms with Gasteiger partial charge in [-0.15, -0.1) is 0 Å². The molecule has 0 N–H and O–H groups in total. The average Bonchev–Trinajstić information content (AvgIpc) is 2.59. The van der Waals surface area contributed by atoms with E-state index in [0.29, 0.717) is 51.7 Å². The van der Waals surface area contributed by atoms with Crippen molar-refractivity contribution in [3.63, 3.8) is 0 Å². The minimum Gasteiger partial charge on any atom is -0.382 e. The normalized spacial score (nSPS) is 17.0. The van der Waals surface area contributed by atoms with Crippen LogP contribution in [0.2, 0.25) is 0 Å². The van der Waals surface area contributed by atoms with E-state index in [1.165, 1.54) is 28.6 Å². The summed E-state index contributed by atoms with van der Waals surface area (Å²) in [6.45, 7) is 2.30. The van der Waals surface area contributed by atoms with Crippen LogP contribution in [0.3, 0.4) is 0 Å². The first kappa shape index (κ1) is 18.8. The number of hydrogen-bond donors (Lipinski definition) is 0. The Morgan fingerprint density at radius 2 is 1.92 bits per heavy atom. The minimum absolute atomic E-state index is 0.246. The van der Waals surface area contributed by atoms with E-state index in [-0.39, 0.29) is 10.6 Å². The van der Waals surface area contributed by atoms with Gasteiger partial charge in [0.15, 0.2) is 4.90 Å². The number of para-hydroxylation sites is 1. The second-order valence-electron chi connectivity index (χ2n) is 5.64. The number of piperidine rings is 1. The van der Waals surface area contributed by atoms with Gasteiger partial charge in [0.25, 0.3) is 5.69 Å². The van der Waals surface area contributed by atoms with Crippen molar-refractivity contribution in [3.8, 4) is 0 Å². The summed E-state index contributed by atoms with van der Waals surface area (Å²) >= 11 is 0. The summed E-state index contributed by atoms with van der Waals surface area (Å²) in [5.41, 5.74) is -0.387. The first-order valence-electron chi connectivity index (χ1n) is 7.77. The maximum atomic E-state index is 12.7. The second kappa shape index (κ2) is 8.52. The highest BCUT2D eigenvalue weighted by atomic mass is 32.2. The van der Waals surface area contributed by atoms with Gasteiger partial charge in [0.2, 0.25) is 10.0 Å². The Kier molecular flexibility index (Phi) is 6.67. The topological polar surface area (TPSA) is 99.0 Å². The number of ether oxygens (including phenoxy) is 2. The Morgan fingerprint density at radius 1 is 1.25 bits per heavy atom. The van der Waals surface area contributed by atoms with Gasteiger partial charge < -0.3 is 9.47 Å². The lowest BCUT2D eigenvalue weighted by molar-refractivity contribution is -0.387. The van der Waals surface area contributed by atoms with E-state index in [0.717, 1.165) is 0 Å². The van der Waals surface area contributed by atoms with E-state index < -0.39 is 14.9 Å². The van der Waals surface area contributed by atoms with Crippen molar-refractivity contribution < 1.29 is 22.8 Å². The SMILES string of the molecule is COCCOCC1CCN(S(=O)(=O)c2ccccc2[N+](=O)[O-])CC1. The molecule has 0 unspecified atom stereocenters. The van der Waals surface area contributed by atoms with Crippen molar-refractivity contribution in [2.24, 2.45) is 5.92 Å². The monoisotopic (exact) mass is 358 g/mol. The predicted molar refractivity (Wildman–Crippen MR) is 87.3 cm³/mol. The molecule has 134 valence electrons. The number of nitro groups is 1. The third-order valence-electron chi connectivity index (χ3n) is 4.04. The lowest BCUT2D eigenvalue weighted by atomic mass is 9.99. The van der Waals surface area contributed by atoms with Crippen LogP contribution in [0, 0.1) is 16.0 Å². The van der Waals surface area contributed by atoms with Gasteiger partial charge in [0.1, 0.15) is 0 Å². The third kappa shape index (κ3) is 4.50. The fourth-order valence-corrected chi connectivity index (χ4v) is 4.30. The molecular formula is C15H22N2O6S. The molecule has 1 fully saturated rings. The molecule has 1 aliphatic rings. The maximum absolute atomic E-state index is 12.7. The smallest absolute Gasteiger partial charge is 0.289 e. The second-order valence-corrected chi connectivity index (χ2v) is 7.55. The summed E-state index contributed by atoms with van der Waals surface area (Å²) in [7, 11) is -2.25. The summed E-state index contributed by atoms with van der Waals surface area (Å²) in [4.78, 5) is 10.2. The molecule has 1 aliphatic heterocycles. The van der Waals surface area contributed by atoms with Crippen LogP contribution in [0.4, 0.5) is 5.69 Å². The van der Waals surface area contributed by atoms with Crippen LogP contribution >= 0.6 is 0 Å². The number of sulfonamides is 1. The number of rotatable bonds is 8. The fourth-order valence-electron chi connectivity index (χ4n) is 2.67. The summed E-state index contributed by atoms with van der Waals surface area (Å²) in [5.74, 6) is 0.291. The summed E-state index contributed by atoms with van der Waals surface area (Å²) in [6, 6.07) is 5.45. The molecule has 0 aliphatic carbocycles. The summed E-state index contributed by atoms with van der Waals surface area (Å²) in [6.07, 6.45) is 1.35. The van der Waals surface area contributed by atoms with Gasteiger partial charge in [-0.1, -0.05) is 12.1 Å². The van der Waals surface area contributed by atoms with E-state index in [1.54, 1.807) is 7.11 Å². The van der Waals surface area contributed by atoms with Crippen molar-refractivity contribution in [3.05, 3.63) is 34.4 Å². The zero-order valence-corrected chi connectivity index (χ0v) is 14.4. The maximum Gasteiger partial charge on any atom is 0.289 e. The molecule has 1 aromatic carbocycles. The number of hydrogen-bond acceptors (Lipinski definition) is 6. The Labute approximate surface area is 141 Å². The van der Waals surface area contributed by atoms with Gasteiger partial charge in [0.05, 0.1) is 18.1 Å². The third-order valence-corrected chi connectivity index (χ3v) is 5.98. The molecule has 0 radical (unpaired) electrons. The van der Waals surface area contributed by atoms with E-state index >= 15 is 0 Å². The van der Waals surface area contributed by atoms with E-state index in [9.17, 15) is 18.5 Å². The quantitative estimate of drug-likeness (QED) is 0.398. The van der Waals surface area contributed by atoms with Crippen molar-refractivity contribution in [1.82, 2.24) is 4.31 Å². The molecule has 2 rings (SSSR count). The Morgan fingerprint density at radius 3 is 2.54 bits per heavy atom. The number of benzene rings is 1. The fraction of sp³-hybridized carbons (Fsp3) is 0.600. The van der Waals surface area contributed by atoms with Crippen LogP contribution in [0.25, 0.3) is 0 Å². The standard InChI is InChI=1S/C15H22N2O6S/c1-22-10-11-23-12-13-6-8-16(9-7-13)24(20,21)15-5-3-2-4-14(15)17(18)19/h2-5,13H,6-12H2,1H3. The van der Waals surface area contributed by atoms with Crippen LogP contribution in [0.15, 0.2) is 29.2 Å². The van der Waals surface area contributed by atoms with E-state index in [2.05, 4.69) is 0 Å². The molecule has 0 amide bonds. The van der Waals surface area contributed by atoms with Crippen molar-refractivity contribution in [2.45, 2.75) is 17.7 Å². The Hall–Kier alpha value is -1.55. The van der Waals surface area contributed by atoms with E-state index in [1.807, 2.05) is 0 Å². The average molecular weight is 358 g/mol. The zero-order chi connectivity index (χ0) is 17.6. The highest BCUT2D eigenvalue weighted by Crippen LogP contribution is 2.29. The molecule has 0 spiro atoms. The van der Waals surface area contributed by atoms with Gasteiger partial charge in [-0.3, -0.25) is 10.1 Å². The highest BCUT2D eigenvalue weighted by Gasteiger charge is 2.33. The molecule has 1 aromatic rings. The largest absolute Gasteiger partial charge is 0.382 e. The lowest BCUT2D eigenvalue weighted by Gasteiger charge is -2.30. The van der Waals surface area contributed by atoms with E-state index in [4.69, 9.17) is 9.47 Å². The van der Waals surface area contributed by atoms with Crippen molar-refractivity contribution in [1.29, 1.82) is 0 Å². The predicted octanol–water partition coefficient (Wildman–Crippen LogP) is 1.66. The zero-order valence-electron chi connectivity index (χ0n) is 13.6. The molecule has 1 heterocycles. The van der Waals surface area contributed by atoms with Gasteiger partial charge in [-0.2, -0.15) is 4.31 Å². The molecule has 0 atom stereocenters. The molecule has 0 aromatic heterocycles. The van der Waals surface area contributed by atoms with Crippen LogP contribution < -0.4 is 0 Å². The number of methoxy groups -OCH3 is 1. The van der Waals surface area contributed by atoms with Gasteiger partial charge >= 0.3 is 0 Å². The first-order valence-corrected chi connectivity index (χ1v) is 9.21. The molecular weight excluding hydrogens is 336 g/mol. The van der Waals surface area contributed by atoms with Crippen molar-refractivity contribution >= 4 is 15.7 Å². The summed E-state index contributed by atoms with van der Waals surface area (Å²) in [5, 5.41) is 11.1. The minimum atomic E-state index is -3.86. The van der Waals surface area contributed by atoms with Crippen LogP contribution in [-0.4, -0.2) is 57.7 Å². The van der Waals surface area contributed by atoms with Crippen molar-refractivity contribution in [2.75, 3.05) is 40.0 Å². The molecule has 24 heavy (non-hydrogen) atoms. The van der Waals surface area contributed by atoms with Gasteiger partial charge in [-0.05, 0) is 24.8 Å². The molecule has 1 saturated heterocycles. The molecule has 9 heteroatoms. The number of nitro benzene ring substituents is 1. The van der Waals surface area contributed by atoms with Crippen LogP contribution in [0.5, 0.6) is 0 Å². The highest BCUT2D eigenvalue weighted by molar-refractivity contribution is 7.89. The molecule has 0 bridgehead atoms. The summed E-state index contributed by atoms with van der Waals surface area (Å²) < 4.78 is 37.1. The number of nitrogens with zero attached hydrogens (tertiary/aromatic N) is 2. The first-order chi connectivity index (χ1) is 11.5. The van der Waals surface area contributed by atoms with Gasteiger partial charge in [-0.25, -0.2) is 8.42 Å². The Bertz CT molecular complexity index is 656.